The summed E-state index contributed by atoms with van der Waals surface area (Å²) in [5.41, 5.74) is 10.6. The Kier molecular flexibility index (Phi) is 5.57. The van der Waals surface area contributed by atoms with Gasteiger partial charge in [0.25, 0.3) is 0 Å². The Morgan fingerprint density at radius 3 is 1.65 bits per heavy atom. The molecule has 0 radical (unpaired) electrons. The predicted molar refractivity (Wildman–Crippen MR) is 77.1 cm³/mol. The number of nitrogens with two attached hydrogens (primary N) is 2. The number of hydrogen-bond acceptors (Lipinski definition) is 3. The minimum atomic E-state index is -3.51. The maximum atomic E-state index is 12.0. The monoisotopic (exact) mass is 302 g/mol. The lowest BCUT2D eigenvalue weighted by Crippen LogP contribution is -2.39. The zero-order valence-corrected chi connectivity index (χ0v) is 13.9. The largest absolute Gasteiger partial charge is 0.344 e. The summed E-state index contributed by atoms with van der Waals surface area (Å²) in [7, 11) is -3.51. The highest BCUT2D eigenvalue weighted by Crippen LogP contribution is 2.52. The van der Waals surface area contributed by atoms with Crippen LogP contribution in [-0.4, -0.2) is 11.1 Å². The first-order chi connectivity index (χ1) is 7.12. The number of nitrogens with one attached hydrogen (secondary N) is 2. The van der Waals surface area contributed by atoms with Gasteiger partial charge in [0.05, 0.1) is 0 Å². The fourth-order valence-corrected chi connectivity index (χ4v) is 6.51. The maximum Gasteiger partial charge on any atom is 0.344 e. The highest BCUT2D eigenvalue weighted by Gasteiger charge is 2.31. The van der Waals surface area contributed by atoms with Crippen molar-refractivity contribution < 1.29 is 8.88 Å². The van der Waals surface area contributed by atoms with Gasteiger partial charge in [-0.1, -0.05) is 0 Å². The number of rotatable bonds is 4. The highest BCUT2D eigenvalue weighted by molar-refractivity contribution is 8.11. The van der Waals surface area contributed by atoms with Crippen molar-refractivity contribution in [3.63, 3.8) is 0 Å². The van der Waals surface area contributed by atoms with Gasteiger partial charge in [-0.05, 0) is 53.3 Å². The van der Waals surface area contributed by atoms with Crippen LogP contribution in [0.25, 0.3) is 0 Å². The lowest BCUT2D eigenvalue weighted by molar-refractivity contribution is 0.427. The van der Waals surface area contributed by atoms with E-state index in [0.29, 0.717) is 0 Å². The van der Waals surface area contributed by atoms with E-state index in [1.807, 2.05) is 41.5 Å². The minimum Gasteiger partial charge on any atom is -0.269 e. The molecule has 0 spiro atoms. The van der Waals surface area contributed by atoms with E-state index < -0.39 is 19.8 Å². The summed E-state index contributed by atoms with van der Waals surface area (Å²) in [6.07, 6.45) is 0. The fourth-order valence-electron chi connectivity index (χ4n) is 1.16. The third kappa shape index (κ3) is 10.3. The molecule has 0 heterocycles. The molecular formula is C8H24N4O2P2S. The van der Waals surface area contributed by atoms with Crippen LogP contribution in [0.2, 0.25) is 0 Å². The molecule has 17 heavy (non-hydrogen) atoms. The standard InChI is InChI=1S/C8H24N4O2P2S/c1-7(2,3)11-15(9,13)14-16(10,17)12-8(4,5)6/h1-6H3,(H3,9,11,13)(H3,10,12,17). The normalized spacial score (nSPS) is 20.7. The Balaban J connectivity index is 4.72. The van der Waals surface area contributed by atoms with Gasteiger partial charge in [-0.25, -0.2) is 14.9 Å². The van der Waals surface area contributed by atoms with Gasteiger partial charge in [0, 0.05) is 11.1 Å². The van der Waals surface area contributed by atoms with Crippen molar-refractivity contribution in [2.45, 2.75) is 52.6 Å². The minimum absolute atomic E-state index is 0.327. The Bertz CT molecular complexity index is 328. The van der Waals surface area contributed by atoms with Crippen LogP contribution in [0.15, 0.2) is 0 Å². The van der Waals surface area contributed by atoms with Crippen LogP contribution in [0.5, 0.6) is 0 Å². The molecule has 0 aliphatic rings. The lowest BCUT2D eigenvalue weighted by atomic mass is 10.1. The molecule has 0 bridgehead atoms. The molecule has 104 valence electrons. The van der Waals surface area contributed by atoms with Gasteiger partial charge in [-0.2, -0.15) is 0 Å². The van der Waals surface area contributed by atoms with Crippen molar-refractivity contribution in [1.82, 2.24) is 10.2 Å². The molecule has 0 saturated heterocycles. The summed E-state index contributed by atoms with van der Waals surface area (Å²) >= 11 is 5.09. The van der Waals surface area contributed by atoms with Crippen LogP contribution in [0.4, 0.5) is 0 Å². The second-order valence-electron chi connectivity index (χ2n) is 6.00. The molecule has 0 aromatic heterocycles. The van der Waals surface area contributed by atoms with Crippen molar-refractivity contribution in [2.24, 2.45) is 11.0 Å². The van der Waals surface area contributed by atoms with E-state index in [9.17, 15) is 4.57 Å². The Morgan fingerprint density at radius 1 is 1.00 bits per heavy atom. The Labute approximate surface area is 109 Å². The molecule has 0 aromatic carbocycles. The van der Waals surface area contributed by atoms with Gasteiger partial charge in [0.2, 0.25) is 6.57 Å². The van der Waals surface area contributed by atoms with E-state index in [2.05, 4.69) is 10.2 Å². The van der Waals surface area contributed by atoms with E-state index in [-0.39, 0.29) is 5.54 Å². The third-order valence-electron chi connectivity index (χ3n) is 1.23. The zero-order chi connectivity index (χ0) is 14.1. The van der Waals surface area contributed by atoms with E-state index in [0.717, 1.165) is 0 Å². The van der Waals surface area contributed by atoms with Crippen LogP contribution in [-0.2, 0) is 20.7 Å². The second kappa shape index (κ2) is 5.35. The Morgan fingerprint density at radius 2 is 1.35 bits per heavy atom. The van der Waals surface area contributed by atoms with E-state index in [4.69, 9.17) is 27.1 Å². The van der Waals surface area contributed by atoms with Gasteiger partial charge in [0.15, 0.2) is 0 Å². The molecular weight excluding hydrogens is 278 g/mol. The third-order valence-corrected chi connectivity index (χ3v) is 6.00. The summed E-state index contributed by atoms with van der Waals surface area (Å²) in [6.45, 7) is 8.27. The highest BCUT2D eigenvalue weighted by atomic mass is 32.5. The van der Waals surface area contributed by atoms with E-state index in [1.54, 1.807) is 0 Å². The lowest BCUT2D eigenvalue weighted by Gasteiger charge is -2.32. The van der Waals surface area contributed by atoms with Crippen molar-refractivity contribution in [3.05, 3.63) is 0 Å². The summed E-state index contributed by atoms with van der Waals surface area (Å²) in [6, 6.07) is 0. The molecule has 6 nitrogen and oxygen atoms in total. The van der Waals surface area contributed by atoms with Crippen molar-refractivity contribution in [2.75, 3.05) is 0 Å². The molecule has 9 heteroatoms. The van der Waals surface area contributed by atoms with Gasteiger partial charge in [-0.15, -0.1) is 0 Å². The van der Waals surface area contributed by atoms with Crippen molar-refractivity contribution >= 4 is 26.0 Å². The van der Waals surface area contributed by atoms with Crippen LogP contribution in [0.1, 0.15) is 41.5 Å². The first-order valence-corrected chi connectivity index (χ1v) is 9.68. The zero-order valence-electron chi connectivity index (χ0n) is 11.3. The van der Waals surface area contributed by atoms with Gasteiger partial charge in [0.1, 0.15) is 0 Å². The average Bonchev–Trinajstić information content (AvgIpc) is 1.65. The molecule has 0 aliphatic carbocycles. The molecule has 2 atom stereocenters. The first kappa shape index (κ1) is 17.7. The SMILES string of the molecule is CC(C)(C)NP(N)(=O)OP(N)(=S)NC(C)(C)C. The smallest absolute Gasteiger partial charge is 0.269 e. The van der Waals surface area contributed by atoms with E-state index in [1.165, 1.54) is 0 Å². The molecule has 0 aromatic rings. The Hall–Kier alpha value is 0.680. The average molecular weight is 302 g/mol. The molecule has 0 rings (SSSR count). The van der Waals surface area contributed by atoms with Crippen LogP contribution in [0, 0.1) is 0 Å². The summed E-state index contributed by atoms with van der Waals surface area (Å²) in [4.78, 5) is 0. The molecule has 0 saturated carbocycles. The molecule has 6 N–H and O–H groups in total. The topological polar surface area (TPSA) is 102 Å². The molecule has 0 aliphatic heterocycles. The van der Waals surface area contributed by atoms with Gasteiger partial charge >= 0.3 is 7.67 Å². The molecule has 0 fully saturated rings. The van der Waals surface area contributed by atoms with Gasteiger partial charge < -0.3 is 0 Å². The van der Waals surface area contributed by atoms with Gasteiger partial charge in [-0.3, -0.25) is 15.2 Å². The van der Waals surface area contributed by atoms with Crippen molar-refractivity contribution in [3.8, 4) is 0 Å². The van der Waals surface area contributed by atoms with E-state index >= 15 is 0 Å². The second-order valence-corrected chi connectivity index (χ2v) is 11.1. The summed E-state index contributed by atoms with van der Waals surface area (Å²) in [5.74, 6) is 0. The summed E-state index contributed by atoms with van der Waals surface area (Å²) in [5, 5.41) is 5.62. The number of hydrogen-bond donors (Lipinski definition) is 4. The van der Waals surface area contributed by atoms with Crippen LogP contribution >= 0.6 is 14.2 Å². The molecule has 0 amide bonds. The maximum absolute atomic E-state index is 12.0. The summed E-state index contributed by atoms with van der Waals surface area (Å²) < 4.78 is 17.2. The van der Waals surface area contributed by atoms with Crippen LogP contribution in [0.3, 0.4) is 0 Å². The van der Waals surface area contributed by atoms with Crippen molar-refractivity contribution in [1.29, 1.82) is 0 Å². The fraction of sp³-hybridized carbons (Fsp3) is 1.00. The first-order valence-electron chi connectivity index (χ1n) is 5.19. The predicted octanol–water partition coefficient (Wildman–Crippen LogP) is 2.03. The quantitative estimate of drug-likeness (QED) is 0.589. The molecule has 2 unspecified atom stereocenters. The van der Waals surface area contributed by atoms with Crippen LogP contribution < -0.4 is 21.2 Å².